The van der Waals surface area contributed by atoms with Crippen LogP contribution in [0.1, 0.15) is 43.6 Å². The van der Waals surface area contributed by atoms with Gasteiger partial charge in [-0.05, 0) is 24.8 Å². The first-order valence-corrected chi connectivity index (χ1v) is 6.00. The zero-order chi connectivity index (χ0) is 11.5. The van der Waals surface area contributed by atoms with Crippen molar-refractivity contribution in [3.8, 4) is 0 Å². The summed E-state index contributed by atoms with van der Waals surface area (Å²) in [7, 11) is 0. The summed E-state index contributed by atoms with van der Waals surface area (Å²) in [6, 6.07) is 4.95. The van der Waals surface area contributed by atoms with Gasteiger partial charge in [0.15, 0.2) is 0 Å². The minimum absolute atomic E-state index is 0.180. The maximum absolute atomic E-state index is 11.0. The van der Waals surface area contributed by atoms with Gasteiger partial charge in [0.1, 0.15) is 0 Å². The summed E-state index contributed by atoms with van der Waals surface area (Å²) in [6.45, 7) is 0. The zero-order valence-electron chi connectivity index (χ0n) is 8.99. The highest BCUT2D eigenvalue weighted by molar-refractivity contribution is 6.31. The Morgan fingerprint density at radius 3 is 2.56 bits per heavy atom. The largest absolute Gasteiger partial charge is 0.274 e. The minimum Gasteiger partial charge on any atom is -0.258 e. The molecule has 0 bridgehead atoms. The fourth-order valence-corrected chi connectivity index (χ4v) is 2.80. The van der Waals surface area contributed by atoms with Crippen molar-refractivity contribution in [3.63, 3.8) is 0 Å². The Hall–Kier alpha value is -1.09. The Kier molecular flexibility index (Phi) is 3.44. The van der Waals surface area contributed by atoms with Crippen molar-refractivity contribution in [1.29, 1.82) is 0 Å². The molecule has 3 nitrogen and oxygen atoms in total. The zero-order valence-corrected chi connectivity index (χ0v) is 9.74. The minimum atomic E-state index is -0.324. The first-order valence-electron chi connectivity index (χ1n) is 5.63. The van der Waals surface area contributed by atoms with E-state index in [1.54, 1.807) is 18.2 Å². The molecule has 4 heteroatoms. The molecule has 1 fully saturated rings. The second-order valence-corrected chi connectivity index (χ2v) is 4.67. The average molecular weight is 240 g/mol. The Morgan fingerprint density at radius 2 is 1.94 bits per heavy atom. The summed E-state index contributed by atoms with van der Waals surface area (Å²) in [5.74, 6) is 0.267. The predicted octanol–water partition coefficient (Wildman–Crippen LogP) is 4.30. The molecule has 0 spiro atoms. The molecule has 1 aromatic rings. The van der Waals surface area contributed by atoms with Gasteiger partial charge in [0.05, 0.1) is 15.5 Å². The van der Waals surface area contributed by atoms with Crippen molar-refractivity contribution in [2.75, 3.05) is 0 Å². The predicted molar refractivity (Wildman–Crippen MR) is 63.9 cm³/mol. The fraction of sp³-hybridized carbons (Fsp3) is 0.500. The molecule has 0 unspecified atom stereocenters. The third-order valence-electron chi connectivity index (χ3n) is 3.24. The standard InChI is InChI=1S/C12H14ClNO2/c13-10-7-4-8-11(14(15)16)12(10)9-5-2-1-3-6-9/h4,7-9H,1-3,5-6H2. The molecule has 16 heavy (non-hydrogen) atoms. The van der Waals surface area contributed by atoms with E-state index in [9.17, 15) is 10.1 Å². The summed E-state index contributed by atoms with van der Waals surface area (Å²) in [4.78, 5) is 10.6. The third-order valence-corrected chi connectivity index (χ3v) is 3.57. The maximum Gasteiger partial charge on any atom is 0.274 e. The van der Waals surface area contributed by atoms with Crippen molar-refractivity contribution in [3.05, 3.63) is 38.9 Å². The van der Waals surface area contributed by atoms with Gasteiger partial charge in [0, 0.05) is 6.07 Å². The molecule has 0 radical (unpaired) electrons. The van der Waals surface area contributed by atoms with Crippen molar-refractivity contribution in [1.82, 2.24) is 0 Å². The van der Waals surface area contributed by atoms with E-state index in [1.807, 2.05) is 0 Å². The van der Waals surface area contributed by atoms with Crippen LogP contribution in [0.3, 0.4) is 0 Å². The molecule has 1 aliphatic carbocycles. The Bertz CT molecular complexity index is 400. The van der Waals surface area contributed by atoms with Crippen LogP contribution in [0.15, 0.2) is 18.2 Å². The van der Waals surface area contributed by atoms with Gasteiger partial charge in [-0.15, -0.1) is 0 Å². The highest BCUT2D eigenvalue weighted by Gasteiger charge is 2.26. The van der Waals surface area contributed by atoms with E-state index in [1.165, 1.54) is 6.42 Å². The summed E-state index contributed by atoms with van der Waals surface area (Å²) in [5, 5.41) is 11.5. The van der Waals surface area contributed by atoms with Gasteiger partial charge in [-0.25, -0.2) is 0 Å². The van der Waals surface area contributed by atoms with E-state index >= 15 is 0 Å². The highest BCUT2D eigenvalue weighted by Crippen LogP contribution is 2.40. The van der Waals surface area contributed by atoms with Crippen molar-refractivity contribution in [2.45, 2.75) is 38.0 Å². The fourth-order valence-electron chi connectivity index (χ4n) is 2.48. The lowest BCUT2D eigenvalue weighted by atomic mass is 9.83. The molecule has 0 N–H and O–H groups in total. The van der Waals surface area contributed by atoms with E-state index < -0.39 is 0 Å². The Balaban J connectivity index is 2.40. The number of hydrogen-bond donors (Lipinski definition) is 0. The number of hydrogen-bond acceptors (Lipinski definition) is 2. The molecule has 0 saturated heterocycles. The second kappa shape index (κ2) is 4.83. The van der Waals surface area contributed by atoms with E-state index in [0.29, 0.717) is 5.02 Å². The topological polar surface area (TPSA) is 43.1 Å². The summed E-state index contributed by atoms with van der Waals surface area (Å²) in [6.07, 6.45) is 5.56. The normalized spacial score (nSPS) is 17.3. The molecule has 0 heterocycles. The summed E-state index contributed by atoms with van der Waals surface area (Å²) >= 11 is 6.10. The Labute approximate surface area is 99.6 Å². The molecule has 0 atom stereocenters. The number of nitro benzene ring substituents is 1. The lowest BCUT2D eigenvalue weighted by molar-refractivity contribution is -0.385. The van der Waals surface area contributed by atoms with Crippen LogP contribution in [0.2, 0.25) is 5.02 Å². The van der Waals surface area contributed by atoms with Gasteiger partial charge >= 0.3 is 0 Å². The molecule has 1 aliphatic rings. The van der Waals surface area contributed by atoms with Crippen LogP contribution in [0, 0.1) is 10.1 Å². The first-order chi connectivity index (χ1) is 7.70. The highest BCUT2D eigenvalue weighted by atomic mass is 35.5. The third kappa shape index (κ3) is 2.19. The number of nitrogens with zero attached hydrogens (tertiary/aromatic N) is 1. The van der Waals surface area contributed by atoms with Gasteiger partial charge in [-0.3, -0.25) is 10.1 Å². The van der Waals surface area contributed by atoms with Crippen LogP contribution < -0.4 is 0 Å². The van der Waals surface area contributed by atoms with Gasteiger partial charge in [-0.1, -0.05) is 36.9 Å². The smallest absolute Gasteiger partial charge is 0.258 e. The summed E-state index contributed by atoms with van der Waals surface area (Å²) < 4.78 is 0. The van der Waals surface area contributed by atoms with Crippen molar-refractivity contribution >= 4 is 17.3 Å². The molecule has 0 amide bonds. The number of benzene rings is 1. The lowest BCUT2D eigenvalue weighted by Crippen LogP contribution is -2.07. The van der Waals surface area contributed by atoms with Gasteiger partial charge in [0.2, 0.25) is 0 Å². The van der Waals surface area contributed by atoms with Crippen molar-refractivity contribution < 1.29 is 4.92 Å². The van der Waals surface area contributed by atoms with Gasteiger partial charge < -0.3 is 0 Å². The van der Waals surface area contributed by atoms with Crippen molar-refractivity contribution in [2.24, 2.45) is 0 Å². The number of halogens is 1. The second-order valence-electron chi connectivity index (χ2n) is 4.26. The SMILES string of the molecule is O=[N+]([O-])c1cccc(Cl)c1C1CCCCC1. The number of nitro groups is 1. The molecule has 2 rings (SSSR count). The van der Waals surface area contributed by atoms with Crippen LogP contribution in [0.4, 0.5) is 5.69 Å². The van der Waals surface area contributed by atoms with Crippen LogP contribution in [0.25, 0.3) is 0 Å². The first kappa shape index (κ1) is 11.4. The molecule has 0 aliphatic heterocycles. The lowest BCUT2D eigenvalue weighted by Gasteiger charge is -2.22. The van der Waals surface area contributed by atoms with E-state index in [-0.39, 0.29) is 16.5 Å². The molecular formula is C12H14ClNO2. The molecule has 1 saturated carbocycles. The van der Waals surface area contributed by atoms with E-state index in [2.05, 4.69) is 0 Å². The quantitative estimate of drug-likeness (QED) is 0.571. The molecule has 1 aromatic carbocycles. The van der Waals surface area contributed by atoms with E-state index in [4.69, 9.17) is 11.6 Å². The maximum atomic E-state index is 11.0. The van der Waals surface area contributed by atoms with Gasteiger partial charge in [0.25, 0.3) is 5.69 Å². The molecule has 86 valence electrons. The van der Waals surface area contributed by atoms with Crippen LogP contribution in [-0.4, -0.2) is 4.92 Å². The monoisotopic (exact) mass is 239 g/mol. The molecular weight excluding hydrogens is 226 g/mol. The van der Waals surface area contributed by atoms with Gasteiger partial charge in [-0.2, -0.15) is 0 Å². The number of rotatable bonds is 2. The summed E-state index contributed by atoms with van der Waals surface area (Å²) in [5.41, 5.74) is 0.924. The Morgan fingerprint density at radius 1 is 1.25 bits per heavy atom. The van der Waals surface area contributed by atoms with Crippen LogP contribution in [0.5, 0.6) is 0 Å². The van der Waals surface area contributed by atoms with Crippen LogP contribution >= 0.6 is 11.6 Å². The van der Waals surface area contributed by atoms with Crippen LogP contribution in [-0.2, 0) is 0 Å². The van der Waals surface area contributed by atoms with E-state index in [0.717, 1.165) is 31.2 Å². The average Bonchev–Trinajstić information content (AvgIpc) is 2.29. The molecule has 0 aromatic heterocycles.